The summed E-state index contributed by atoms with van der Waals surface area (Å²) in [6.07, 6.45) is -2.70. The van der Waals surface area contributed by atoms with Gasteiger partial charge in [0.25, 0.3) is 5.56 Å². The molecule has 3 N–H and O–H groups in total. The molecule has 0 spiro atoms. The highest BCUT2D eigenvalue weighted by Gasteiger charge is 2.70. The van der Waals surface area contributed by atoms with Gasteiger partial charge >= 0.3 is 0 Å². The number of hydrogen-bond acceptors (Lipinski definition) is 12. The third kappa shape index (κ3) is 8.47. The van der Waals surface area contributed by atoms with Gasteiger partial charge in [0.2, 0.25) is 0 Å². The molecule has 0 bridgehead atoms. The van der Waals surface area contributed by atoms with E-state index in [1.807, 2.05) is 107 Å². The second kappa shape index (κ2) is 18.7. The van der Waals surface area contributed by atoms with Gasteiger partial charge in [0.05, 0.1) is 51.4 Å². The van der Waals surface area contributed by atoms with E-state index in [0.29, 0.717) is 28.2 Å². The van der Waals surface area contributed by atoms with Crippen LogP contribution in [0.1, 0.15) is 77.8 Å². The van der Waals surface area contributed by atoms with Crippen LogP contribution < -0.4 is 15.0 Å². The van der Waals surface area contributed by atoms with E-state index in [-0.39, 0.29) is 41.3 Å². The molecule has 3 aromatic carbocycles. The van der Waals surface area contributed by atoms with E-state index in [9.17, 15) is 20.3 Å². The average molecular weight is 885 g/mol. The van der Waals surface area contributed by atoms with Crippen molar-refractivity contribution < 1.29 is 33.4 Å². The molecule has 0 saturated carbocycles. The van der Waals surface area contributed by atoms with Gasteiger partial charge in [0, 0.05) is 12.1 Å². The van der Waals surface area contributed by atoms with Gasteiger partial charge in [-0.25, -0.2) is 9.97 Å². The minimum atomic E-state index is -2.88. The van der Waals surface area contributed by atoms with Crippen molar-refractivity contribution in [3.8, 4) is 17.6 Å². The predicted molar refractivity (Wildman–Crippen MR) is 243 cm³/mol. The van der Waals surface area contributed by atoms with Gasteiger partial charge in [-0.15, -0.1) is 0 Å². The van der Waals surface area contributed by atoms with Gasteiger partial charge in [-0.3, -0.25) is 14.0 Å². The highest BCUT2D eigenvalue weighted by Crippen LogP contribution is 2.66. The lowest BCUT2D eigenvalue weighted by molar-refractivity contribution is -0.108. The molecule has 2 unspecified atom stereocenters. The summed E-state index contributed by atoms with van der Waals surface area (Å²) < 4.78 is 36.6. The van der Waals surface area contributed by atoms with Crippen molar-refractivity contribution in [1.29, 1.82) is 5.26 Å². The van der Waals surface area contributed by atoms with Crippen molar-refractivity contribution in [2.24, 2.45) is 0 Å². The normalized spacial score (nSPS) is 20.8. The van der Waals surface area contributed by atoms with E-state index in [2.05, 4.69) is 59.6 Å². The van der Waals surface area contributed by atoms with Crippen LogP contribution in [0.2, 0.25) is 18.1 Å². The van der Waals surface area contributed by atoms with Gasteiger partial charge in [-0.05, 0) is 86.8 Å². The average Bonchev–Trinajstić information content (AvgIpc) is 3.80. The molecule has 3 heterocycles. The minimum absolute atomic E-state index is 0.00747. The van der Waals surface area contributed by atoms with Gasteiger partial charge in [-0.2, -0.15) is 5.26 Å². The molecule has 5 aromatic rings. The number of nitriles is 1. The molecule has 16 heteroatoms. The van der Waals surface area contributed by atoms with Gasteiger partial charge in [0.15, 0.2) is 31.1 Å². The highest BCUT2D eigenvalue weighted by atomic mass is 31.2. The molecule has 6 atom stereocenters. The van der Waals surface area contributed by atoms with E-state index < -0.39 is 57.5 Å². The Labute approximate surface area is 366 Å². The Morgan fingerprint density at radius 2 is 1.48 bits per heavy atom. The lowest BCUT2D eigenvalue weighted by atomic mass is 9.64. The molecular formula is C46H61N6O8PSi. The standard InChI is InChI=1S/C46H61N6O8PSi/c1-30(2)52(31(3)4)61(58-27-15-26-47)46(55)39(59-43(40(46)60-62(10,11)44(5,6)7)51-29-50-37-41(51)48-28-49-42(37)54)38(53)45(32-16-13-12-14-17-32,33-18-22-35(56-8)23-19-33)34-20-24-36(57-9)25-21-34/h12-14,16-25,28-31,38-40,43,53,55H,15,27H2,1-11H3,(H,48,49,54)/t38?,39-,40+,43-,46+,61?/m1/s1. The number of nitrogens with zero attached hydrogens (tertiary/aromatic N) is 5. The van der Waals surface area contributed by atoms with E-state index in [0.717, 1.165) is 0 Å². The zero-order valence-electron chi connectivity index (χ0n) is 37.6. The number of benzene rings is 3. The van der Waals surface area contributed by atoms with Crippen LogP contribution in [0.15, 0.2) is 96.3 Å². The molecule has 14 nitrogen and oxygen atoms in total. The van der Waals surface area contributed by atoms with Crippen molar-refractivity contribution in [1.82, 2.24) is 24.2 Å². The van der Waals surface area contributed by atoms with E-state index >= 15 is 0 Å². The Kier molecular flexibility index (Phi) is 14.2. The maximum absolute atomic E-state index is 14.5. The quantitative estimate of drug-likeness (QED) is 0.0357. The second-order valence-electron chi connectivity index (χ2n) is 17.7. The van der Waals surface area contributed by atoms with Crippen molar-refractivity contribution in [3.05, 3.63) is 119 Å². The third-order valence-corrected chi connectivity index (χ3v) is 19.6. The molecule has 0 radical (unpaired) electrons. The number of hydrogen-bond donors (Lipinski definition) is 3. The molecule has 6 rings (SSSR count). The lowest BCUT2D eigenvalue weighted by Crippen LogP contribution is -2.62. The van der Waals surface area contributed by atoms with E-state index in [1.165, 1.54) is 12.7 Å². The second-order valence-corrected chi connectivity index (χ2v) is 24.5. The van der Waals surface area contributed by atoms with Crippen molar-refractivity contribution >= 4 is 27.8 Å². The monoisotopic (exact) mass is 884 g/mol. The number of aliphatic hydroxyl groups is 2. The first-order valence-electron chi connectivity index (χ1n) is 20.9. The van der Waals surface area contributed by atoms with Crippen LogP contribution in [0.5, 0.6) is 11.5 Å². The van der Waals surface area contributed by atoms with E-state index in [4.69, 9.17) is 23.2 Å². The van der Waals surface area contributed by atoms with Crippen LogP contribution in [0.4, 0.5) is 0 Å². The van der Waals surface area contributed by atoms with Crippen LogP contribution in [0.25, 0.3) is 11.2 Å². The number of nitrogens with one attached hydrogen (secondary N) is 1. The largest absolute Gasteiger partial charge is 0.497 e. The fraction of sp³-hybridized carbons (Fsp3) is 0.478. The summed E-state index contributed by atoms with van der Waals surface area (Å²) in [6, 6.07) is 26.5. The van der Waals surface area contributed by atoms with Gasteiger partial charge in [-0.1, -0.05) is 75.4 Å². The summed E-state index contributed by atoms with van der Waals surface area (Å²) in [6.45, 7) is 18.6. The van der Waals surface area contributed by atoms with Crippen LogP contribution in [0.3, 0.4) is 0 Å². The summed E-state index contributed by atoms with van der Waals surface area (Å²) >= 11 is 0. The molecule has 1 fully saturated rings. The molecule has 1 aliphatic heterocycles. The molecule has 62 heavy (non-hydrogen) atoms. The van der Waals surface area contributed by atoms with Crippen LogP contribution in [-0.4, -0.2) is 99.3 Å². The Bertz CT molecular complexity index is 2310. The molecule has 0 amide bonds. The Hall–Kier alpha value is -4.49. The first-order valence-corrected chi connectivity index (χ1v) is 25.1. The number of aromatic nitrogens is 4. The highest BCUT2D eigenvalue weighted by molar-refractivity contribution is 7.51. The maximum Gasteiger partial charge on any atom is 0.278 e. The fourth-order valence-corrected chi connectivity index (χ4v) is 12.3. The van der Waals surface area contributed by atoms with Crippen molar-refractivity contribution in [3.63, 3.8) is 0 Å². The van der Waals surface area contributed by atoms with Crippen LogP contribution in [-0.2, 0) is 19.1 Å². The van der Waals surface area contributed by atoms with Gasteiger partial charge in [0.1, 0.15) is 38.1 Å². The topological polar surface area (TPSA) is 177 Å². The number of H-pyrrole nitrogens is 1. The SMILES string of the molecule is COc1ccc(C(c2ccccc2)(c2ccc(OC)cc2)C(O)[C@H]2O[C@@H](n3cnc4c(=O)[nH]cnc43)[C@H](O[Si](C)(C)C(C)(C)C)[C@@]2(O)P(OCCC#N)N(C(C)C)C(C)C)cc1. The van der Waals surface area contributed by atoms with Crippen LogP contribution >= 0.6 is 8.30 Å². The molecule has 0 aliphatic carbocycles. The number of methoxy groups -OCH3 is 2. The summed E-state index contributed by atoms with van der Waals surface area (Å²) in [5.41, 5.74) is 0.450. The predicted octanol–water partition coefficient (Wildman–Crippen LogP) is 7.87. The number of fused-ring (bicyclic) bond motifs is 1. The smallest absolute Gasteiger partial charge is 0.278 e. The van der Waals surface area contributed by atoms with E-state index in [1.54, 1.807) is 18.8 Å². The summed E-state index contributed by atoms with van der Waals surface area (Å²) in [5, 5.41) is 35.9. The first kappa shape index (κ1) is 47.0. The summed E-state index contributed by atoms with van der Waals surface area (Å²) in [7, 11) is -1.91. The molecule has 1 saturated heterocycles. The Balaban J connectivity index is 1.76. The molecule has 2 aromatic heterocycles. The van der Waals surface area contributed by atoms with Crippen molar-refractivity contribution in [2.45, 2.75) is 120 Å². The summed E-state index contributed by atoms with van der Waals surface area (Å²) in [4.78, 5) is 24.8. The zero-order valence-corrected chi connectivity index (χ0v) is 39.5. The number of imidazole rings is 1. The molecular weight excluding hydrogens is 824 g/mol. The van der Waals surface area contributed by atoms with Crippen LogP contribution in [0, 0.1) is 11.3 Å². The number of aliphatic hydroxyl groups excluding tert-OH is 1. The third-order valence-electron chi connectivity index (χ3n) is 12.3. The molecule has 1 aliphatic rings. The maximum atomic E-state index is 14.5. The lowest BCUT2D eigenvalue weighted by Gasteiger charge is -2.51. The summed E-state index contributed by atoms with van der Waals surface area (Å²) in [5.74, 6) is 1.23. The van der Waals surface area contributed by atoms with Gasteiger partial charge < -0.3 is 38.4 Å². The Morgan fingerprint density at radius 1 is 0.935 bits per heavy atom. The molecule has 332 valence electrons. The number of aromatic amines is 1. The Morgan fingerprint density at radius 3 is 1.98 bits per heavy atom. The number of ether oxygens (including phenoxy) is 3. The van der Waals surface area contributed by atoms with Crippen molar-refractivity contribution in [2.75, 3.05) is 20.8 Å². The fourth-order valence-electron chi connectivity index (χ4n) is 8.31. The minimum Gasteiger partial charge on any atom is -0.497 e. The number of rotatable bonds is 17. The zero-order chi connectivity index (χ0) is 45.2. The first-order chi connectivity index (χ1) is 29.4.